The van der Waals surface area contributed by atoms with Crippen molar-refractivity contribution in [3.8, 4) is 22.8 Å². The average Bonchev–Trinajstić information content (AvgIpc) is 3.09. The van der Waals surface area contributed by atoms with E-state index in [1.54, 1.807) is 26.4 Å². The van der Waals surface area contributed by atoms with E-state index in [0.29, 0.717) is 28.9 Å². The van der Waals surface area contributed by atoms with E-state index in [1.165, 1.54) is 0 Å². The van der Waals surface area contributed by atoms with Gasteiger partial charge in [-0.05, 0) is 43.7 Å². The maximum absolute atomic E-state index is 12.0. The number of ether oxygens (including phenoxy) is 2. The predicted octanol–water partition coefficient (Wildman–Crippen LogP) is 2.76. The molecule has 2 aromatic rings. The van der Waals surface area contributed by atoms with Crippen LogP contribution in [0, 0.1) is 4.77 Å². The largest absolute Gasteiger partial charge is 0.497 e. The lowest BCUT2D eigenvalue weighted by Gasteiger charge is -2.19. The van der Waals surface area contributed by atoms with Crippen LogP contribution in [-0.2, 0) is 6.54 Å². The molecule has 1 saturated heterocycles. The monoisotopic (exact) mass is 383 g/mol. The molecule has 1 aliphatic rings. The van der Waals surface area contributed by atoms with Gasteiger partial charge < -0.3 is 19.4 Å². The smallest absolute Gasteiger partial charge is 0.252 e. The Balaban J connectivity index is 0.00000225. The standard InChI is InChI=1S/C17H21N3O3S.ClH/c1-22-12-5-6-13(15(8-12)23-2)14-9-16(21)19-17(24)20(14)10-11-4-3-7-18-11;/h5-6,8-9,11,18H,3-4,7,10H2,1-2H3,(H,19,21,24);1H. The molecular weight excluding hydrogens is 362 g/mol. The van der Waals surface area contributed by atoms with Gasteiger partial charge in [0.15, 0.2) is 4.77 Å². The molecule has 1 aliphatic heterocycles. The third kappa shape index (κ3) is 4.23. The number of nitrogens with one attached hydrogen (secondary N) is 2. The number of benzene rings is 1. The van der Waals surface area contributed by atoms with Crippen LogP contribution < -0.4 is 20.3 Å². The lowest BCUT2D eigenvalue weighted by atomic mass is 10.1. The topological polar surface area (TPSA) is 68.3 Å². The summed E-state index contributed by atoms with van der Waals surface area (Å²) in [6.45, 7) is 1.72. The van der Waals surface area contributed by atoms with Gasteiger partial charge in [0.1, 0.15) is 11.5 Å². The molecule has 0 spiro atoms. The minimum Gasteiger partial charge on any atom is -0.497 e. The summed E-state index contributed by atoms with van der Waals surface area (Å²) < 4.78 is 13.1. The molecule has 2 heterocycles. The zero-order valence-corrected chi connectivity index (χ0v) is 15.8. The van der Waals surface area contributed by atoms with Crippen molar-refractivity contribution in [2.45, 2.75) is 25.4 Å². The van der Waals surface area contributed by atoms with Crippen molar-refractivity contribution >= 4 is 24.6 Å². The molecule has 3 rings (SSSR count). The molecule has 0 saturated carbocycles. The van der Waals surface area contributed by atoms with E-state index in [4.69, 9.17) is 21.7 Å². The minimum atomic E-state index is -0.219. The molecule has 1 aromatic carbocycles. The molecule has 25 heavy (non-hydrogen) atoms. The summed E-state index contributed by atoms with van der Waals surface area (Å²) in [6.07, 6.45) is 2.25. The Morgan fingerprint density at radius 2 is 2.08 bits per heavy atom. The van der Waals surface area contributed by atoms with Crippen molar-refractivity contribution < 1.29 is 9.47 Å². The summed E-state index contributed by atoms with van der Waals surface area (Å²) in [5, 5.41) is 3.46. The van der Waals surface area contributed by atoms with Crippen molar-refractivity contribution in [3.05, 3.63) is 39.4 Å². The summed E-state index contributed by atoms with van der Waals surface area (Å²) in [7, 11) is 3.21. The molecule has 0 aliphatic carbocycles. The molecule has 8 heteroatoms. The number of H-pyrrole nitrogens is 1. The van der Waals surface area contributed by atoms with Crippen molar-refractivity contribution in [1.82, 2.24) is 14.9 Å². The molecule has 2 N–H and O–H groups in total. The molecule has 1 unspecified atom stereocenters. The van der Waals surface area contributed by atoms with Gasteiger partial charge in [-0.25, -0.2) is 0 Å². The third-order valence-electron chi connectivity index (χ3n) is 4.28. The lowest BCUT2D eigenvalue weighted by molar-refractivity contribution is 0.395. The molecular formula is C17H22ClN3O3S. The second-order valence-electron chi connectivity index (χ2n) is 5.79. The summed E-state index contributed by atoms with van der Waals surface area (Å²) in [5.41, 5.74) is 1.34. The summed E-state index contributed by atoms with van der Waals surface area (Å²) in [6, 6.07) is 7.46. The van der Waals surface area contributed by atoms with Gasteiger partial charge in [-0.3, -0.25) is 9.78 Å². The van der Waals surface area contributed by atoms with Crippen LogP contribution >= 0.6 is 24.6 Å². The van der Waals surface area contributed by atoms with Crippen LogP contribution in [0.4, 0.5) is 0 Å². The van der Waals surface area contributed by atoms with Crippen molar-refractivity contribution in [2.24, 2.45) is 0 Å². The van der Waals surface area contributed by atoms with Gasteiger partial charge in [0.2, 0.25) is 0 Å². The minimum absolute atomic E-state index is 0. The fourth-order valence-electron chi connectivity index (χ4n) is 3.07. The first-order valence-corrected chi connectivity index (χ1v) is 8.33. The molecule has 0 bridgehead atoms. The Morgan fingerprint density at radius 1 is 1.28 bits per heavy atom. The number of halogens is 1. The van der Waals surface area contributed by atoms with Gasteiger partial charge in [-0.15, -0.1) is 12.4 Å². The fourth-order valence-corrected chi connectivity index (χ4v) is 3.34. The number of methoxy groups -OCH3 is 2. The van der Waals surface area contributed by atoms with Crippen LogP contribution in [0.1, 0.15) is 12.8 Å². The Bertz CT molecular complexity index is 844. The highest BCUT2D eigenvalue weighted by Gasteiger charge is 2.18. The predicted molar refractivity (Wildman–Crippen MR) is 103 cm³/mol. The number of hydrogen-bond acceptors (Lipinski definition) is 5. The Hall–Kier alpha value is -1.83. The van der Waals surface area contributed by atoms with Gasteiger partial charge in [0.05, 0.1) is 19.9 Å². The highest BCUT2D eigenvalue weighted by atomic mass is 35.5. The van der Waals surface area contributed by atoms with E-state index in [1.807, 2.05) is 16.7 Å². The first-order valence-electron chi connectivity index (χ1n) is 7.92. The van der Waals surface area contributed by atoms with Gasteiger partial charge in [0.25, 0.3) is 5.56 Å². The number of hydrogen-bond donors (Lipinski definition) is 2. The first kappa shape index (κ1) is 19.5. The maximum atomic E-state index is 12.0. The van der Waals surface area contributed by atoms with Crippen LogP contribution in [0.5, 0.6) is 11.5 Å². The Labute approximate surface area is 157 Å². The highest BCUT2D eigenvalue weighted by molar-refractivity contribution is 7.71. The van der Waals surface area contributed by atoms with E-state index in [0.717, 1.165) is 30.6 Å². The number of rotatable bonds is 5. The van der Waals surface area contributed by atoms with E-state index in [-0.39, 0.29) is 18.0 Å². The molecule has 136 valence electrons. The summed E-state index contributed by atoms with van der Waals surface area (Å²) >= 11 is 5.40. The second-order valence-corrected chi connectivity index (χ2v) is 6.18. The van der Waals surface area contributed by atoms with Crippen molar-refractivity contribution in [3.63, 3.8) is 0 Å². The highest BCUT2D eigenvalue weighted by Crippen LogP contribution is 2.33. The summed E-state index contributed by atoms with van der Waals surface area (Å²) in [5.74, 6) is 1.34. The van der Waals surface area contributed by atoms with Crippen LogP contribution in [0.25, 0.3) is 11.3 Å². The third-order valence-corrected chi connectivity index (χ3v) is 4.61. The fraction of sp³-hybridized carbons (Fsp3) is 0.412. The quantitative estimate of drug-likeness (QED) is 0.777. The van der Waals surface area contributed by atoms with Crippen LogP contribution in [0.2, 0.25) is 0 Å². The molecule has 1 atom stereocenters. The zero-order valence-electron chi connectivity index (χ0n) is 14.2. The molecule has 0 amide bonds. The normalized spacial score (nSPS) is 16.3. The van der Waals surface area contributed by atoms with E-state index in [2.05, 4.69) is 10.3 Å². The number of aromatic amines is 1. The van der Waals surface area contributed by atoms with Gasteiger partial charge >= 0.3 is 0 Å². The van der Waals surface area contributed by atoms with Crippen LogP contribution in [0.3, 0.4) is 0 Å². The Morgan fingerprint density at radius 3 is 2.72 bits per heavy atom. The van der Waals surface area contributed by atoms with E-state index < -0.39 is 0 Å². The molecule has 1 fully saturated rings. The van der Waals surface area contributed by atoms with Crippen LogP contribution in [-0.4, -0.2) is 36.4 Å². The summed E-state index contributed by atoms with van der Waals surface area (Å²) in [4.78, 5) is 14.7. The average molecular weight is 384 g/mol. The zero-order chi connectivity index (χ0) is 17.1. The van der Waals surface area contributed by atoms with E-state index in [9.17, 15) is 4.79 Å². The second kappa shape index (κ2) is 8.51. The SMILES string of the molecule is COc1ccc(-c2cc(=O)[nH]c(=S)n2CC2CCCN2)c(OC)c1.Cl. The van der Waals surface area contributed by atoms with Gasteiger partial charge in [-0.1, -0.05) is 0 Å². The molecule has 1 aromatic heterocycles. The first-order chi connectivity index (χ1) is 11.6. The number of nitrogens with zero attached hydrogens (tertiary/aromatic N) is 1. The van der Waals surface area contributed by atoms with Crippen molar-refractivity contribution in [2.75, 3.05) is 20.8 Å². The van der Waals surface area contributed by atoms with E-state index >= 15 is 0 Å². The van der Waals surface area contributed by atoms with Crippen molar-refractivity contribution in [1.29, 1.82) is 0 Å². The lowest BCUT2D eigenvalue weighted by Crippen LogP contribution is -2.29. The Kier molecular flexibility index (Phi) is 6.64. The van der Waals surface area contributed by atoms with Gasteiger partial charge in [0, 0.05) is 30.3 Å². The molecule has 0 radical (unpaired) electrons. The maximum Gasteiger partial charge on any atom is 0.252 e. The van der Waals surface area contributed by atoms with Crippen LogP contribution in [0.15, 0.2) is 29.1 Å². The molecule has 6 nitrogen and oxygen atoms in total. The number of aromatic nitrogens is 2. The van der Waals surface area contributed by atoms with Gasteiger partial charge in [-0.2, -0.15) is 0 Å².